The Morgan fingerprint density at radius 3 is 2.49 bits per heavy atom. The zero-order valence-electron chi connectivity index (χ0n) is 22.0. The molecule has 0 aliphatic carbocycles. The van der Waals surface area contributed by atoms with Gasteiger partial charge in [-0.2, -0.15) is 5.10 Å². The molecule has 194 valence electrons. The predicted molar refractivity (Wildman–Crippen MR) is 150 cm³/mol. The molecule has 0 saturated carbocycles. The van der Waals surface area contributed by atoms with Gasteiger partial charge in [-0.05, 0) is 81.8 Å². The Morgan fingerprint density at radius 2 is 1.81 bits per heavy atom. The van der Waals surface area contributed by atoms with Gasteiger partial charge in [0.15, 0.2) is 0 Å². The van der Waals surface area contributed by atoms with Crippen LogP contribution in [0.1, 0.15) is 51.4 Å². The molecule has 0 saturated heterocycles. The first kappa shape index (κ1) is 25.7. The molecule has 4 aromatic rings. The third kappa shape index (κ3) is 4.51. The minimum Gasteiger partial charge on any atom is -0.494 e. The number of carbonyl (C=O) groups is 1. The van der Waals surface area contributed by atoms with E-state index in [0.29, 0.717) is 24.6 Å². The lowest BCUT2D eigenvalue weighted by Crippen LogP contribution is -2.24. The number of carbonyl (C=O) groups excluding carboxylic acids is 1. The van der Waals surface area contributed by atoms with Crippen LogP contribution in [0.25, 0.3) is 22.0 Å². The molecule has 0 atom stereocenters. The maximum absolute atomic E-state index is 13.3. The van der Waals surface area contributed by atoms with E-state index in [0.717, 1.165) is 86.0 Å². The molecular weight excluding hydrogens is 507 g/mol. The maximum Gasteiger partial charge on any atom is 0.268 e. The van der Waals surface area contributed by atoms with E-state index >= 15 is 0 Å². The zero-order valence-corrected chi connectivity index (χ0v) is 23.5. The maximum atomic E-state index is 13.3. The topological polar surface area (TPSA) is 61.1 Å². The molecule has 0 bridgehead atoms. The number of ether oxygens (including phenoxy) is 1. The van der Waals surface area contributed by atoms with Gasteiger partial charge in [-0.25, -0.2) is 0 Å². The van der Waals surface area contributed by atoms with Gasteiger partial charge in [-0.1, -0.05) is 29.3 Å². The summed E-state index contributed by atoms with van der Waals surface area (Å²) < 4.78 is 10.1. The monoisotopic (exact) mass is 538 g/mol. The normalized spacial score (nSPS) is 13.5. The average Bonchev–Trinajstić information content (AvgIpc) is 3.21. The lowest BCUT2D eigenvalue weighted by atomic mass is 9.98. The Labute approximate surface area is 227 Å². The van der Waals surface area contributed by atoms with Crippen molar-refractivity contribution in [3.8, 4) is 16.9 Å². The molecule has 6 nitrogen and oxygen atoms in total. The second-order valence-corrected chi connectivity index (χ2v) is 10.7. The lowest BCUT2D eigenvalue weighted by Gasteiger charge is -2.12. The number of amides is 1. The van der Waals surface area contributed by atoms with Gasteiger partial charge in [0.2, 0.25) is 0 Å². The van der Waals surface area contributed by atoms with Crippen molar-refractivity contribution in [3.05, 3.63) is 68.1 Å². The zero-order chi connectivity index (χ0) is 26.4. The lowest BCUT2D eigenvalue weighted by molar-refractivity contribution is 0.0950. The van der Waals surface area contributed by atoms with Crippen molar-refractivity contribution in [2.24, 2.45) is 7.05 Å². The van der Waals surface area contributed by atoms with Crippen LogP contribution in [0, 0.1) is 27.7 Å². The fourth-order valence-corrected chi connectivity index (χ4v) is 5.91. The van der Waals surface area contributed by atoms with Crippen molar-refractivity contribution in [3.63, 3.8) is 0 Å². The van der Waals surface area contributed by atoms with E-state index in [1.165, 1.54) is 0 Å². The van der Waals surface area contributed by atoms with Crippen LogP contribution in [0.5, 0.6) is 5.75 Å². The summed E-state index contributed by atoms with van der Waals surface area (Å²) in [7, 11) is 1.95. The van der Waals surface area contributed by atoms with E-state index in [2.05, 4.69) is 28.0 Å². The number of fused-ring (bicyclic) bond motifs is 3. The standard InChI is InChI=1S/C29H32Cl2N4O2/c1-16-14-20(15-17(2)26(16)31)37-13-6-8-21-22-9-10-23(30)25(24-18(3)33-34(5)19(24)4)27(22)35-12-7-11-32-29(36)28(21)35/h9-10,14-15H,6-8,11-13H2,1-5H3,(H,32,36). The minimum atomic E-state index is -0.0322. The smallest absolute Gasteiger partial charge is 0.268 e. The number of nitrogens with zero attached hydrogens (tertiary/aromatic N) is 3. The van der Waals surface area contributed by atoms with Gasteiger partial charge in [0, 0.05) is 47.4 Å². The summed E-state index contributed by atoms with van der Waals surface area (Å²) in [5.74, 6) is 0.782. The van der Waals surface area contributed by atoms with Gasteiger partial charge in [0.05, 0.1) is 22.8 Å². The summed E-state index contributed by atoms with van der Waals surface area (Å²) in [6, 6.07) is 7.94. The molecule has 1 aliphatic heterocycles. The number of halogens is 2. The van der Waals surface area contributed by atoms with Crippen molar-refractivity contribution in [1.29, 1.82) is 0 Å². The fraction of sp³-hybridized carbons (Fsp3) is 0.379. The highest BCUT2D eigenvalue weighted by atomic mass is 35.5. The molecule has 8 heteroatoms. The first-order chi connectivity index (χ1) is 17.7. The first-order valence-corrected chi connectivity index (χ1v) is 13.5. The number of nitrogens with one attached hydrogen (secondary N) is 1. The molecule has 0 fully saturated rings. The SMILES string of the molecule is Cc1cc(OCCCc2c3n(c4c(-c5c(C)nn(C)c5C)c(Cl)ccc24)CCCNC3=O)cc(C)c1Cl. The Hall–Kier alpha value is -2.96. The number of hydrogen-bond acceptors (Lipinski definition) is 3. The molecule has 2 aromatic heterocycles. The van der Waals surface area contributed by atoms with Crippen LogP contribution >= 0.6 is 23.2 Å². The van der Waals surface area contributed by atoms with Crippen molar-refractivity contribution < 1.29 is 9.53 Å². The van der Waals surface area contributed by atoms with Gasteiger partial charge in [0.25, 0.3) is 5.91 Å². The molecule has 3 heterocycles. The number of aryl methyl sites for hydroxylation is 6. The number of rotatable bonds is 6. The van der Waals surface area contributed by atoms with Gasteiger partial charge in [-0.3, -0.25) is 9.48 Å². The molecule has 5 rings (SSSR count). The summed E-state index contributed by atoms with van der Waals surface area (Å²) >= 11 is 13.2. The van der Waals surface area contributed by atoms with Crippen molar-refractivity contribution >= 4 is 40.0 Å². The third-order valence-corrected chi connectivity index (χ3v) is 8.26. The molecule has 0 spiro atoms. The van der Waals surface area contributed by atoms with Crippen LogP contribution in [-0.2, 0) is 20.0 Å². The highest BCUT2D eigenvalue weighted by molar-refractivity contribution is 6.35. The van der Waals surface area contributed by atoms with Crippen LogP contribution < -0.4 is 10.1 Å². The quantitative estimate of drug-likeness (QED) is 0.277. The van der Waals surface area contributed by atoms with Crippen LogP contribution in [0.15, 0.2) is 24.3 Å². The van der Waals surface area contributed by atoms with E-state index in [9.17, 15) is 4.79 Å². The summed E-state index contributed by atoms with van der Waals surface area (Å²) in [6.45, 7) is 9.97. The minimum absolute atomic E-state index is 0.0322. The number of aromatic nitrogens is 3. The summed E-state index contributed by atoms with van der Waals surface area (Å²) in [4.78, 5) is 13.3. The molecule has 1 aliphatic rings. The van der Waals surface area contributed by atoms with Crippen LogP contribution in [0.4, 0.5) is 0 Å². The Kier molecular flexibility index (Phi) is 6.99. The second kappa shape index (κ2) is 10.1. The summed E-state index contributed by atoms with van der Waals surface area (Å²) in [6.07, 6.45) is 2.34. The number of hydrogen-bond donors (Lipinski definition) is 1. The highest BCUT2D eigenvalue weighted by Crippen LogP contribution is 2.42. The van der Waals surface area contributed by atoms with Crippen LogP contribution in [0.3, 0.4) is 0 Å². The molecule has 2 aromatic carbocycles. The van der Waals surface area contributed by atoms with Gasteiger partial charge < -0.3 is 14.6 Å². The average molecular weight is 540 g/mol. The number of benzene rings is 2. The Bertz CT molecular complexity index is 1510. The van der Waals surface area contributed by atoms with E-state index in [4.69, 9.17) is 27.9 Å². The molecule has 0 radical (unpaired) electrons. The van der Waals surface area contributed by atoms with Crippen LogP contribution in [0.2, 0.25) is 10.0 Å². The van der Waals surface area contributed by atoms with Crippen LogP contribution in [-0.4, -0.2) is 33.4 Å². The Balaban J connectivity index is 1.56. The largest absolute Gasteiger partial charge is 0.494 e. The van der Waals surface area contributed by atoms with Gasteiger partial charge >= 0.3 is 0 Å². The molecule has 1 amide bonds. The molecule has 1 N–H and O–H groups in total. The highest BCUT2D eigenvalue weighted by Gasteiger charge is 2.28. The Morgan fingerprint density at radius 1 is 1.08 bits per heavy atom. The van der Waals surface area contributed by atoms with Gasteiger partial charge in [0.1, 0.15) is 11.4 Å². The van der Waals surface area contributed by atoms with E-state index in [1.54, 1.807) is 0 Å². The molecular formula is C29H32Cl2N4O2. The fourth-order valence-electron chi connectivity index (χ4n) is 5.55. The van der Waals surface area contributed by atoms with Gasteiger partial charge in [-0.15, -0.1) is 0 Å². The third-order valence-electron chi connectivity index (χ3n) is 7.35. The molecule has 37 heavy (non-hydrogen) atoms. The summed E-state index contributed by atoms with van der Waals surface area (Å²) in [5.41, 5.74) is 8.74. The van der Waals surface area contributed by atoms with Crippen molar-refractivity contribution in [1.82, 2.24) is 19.7 Å². The second-order valence-electron chi connectivity index (χ2n) is 9.90. The molecule has 0 unspecified atom stereocenters. The van der Waals surface area contributed by atoms with E-state index in [-0.39, 0.29) is 5.91 Å². The first-order valence-electron chi connectivity index (χ1n) is 12.7. The van der Waals surface area contributed by atoms with E-state index in [1.807, 2.05) is 50.7 Å². The van der Waals surface area contributed by atoms with Crippen molar-refractivity contribution in [2.45, 2.75) is 53.5 Å². The predicted octanol–water partition coefficient (Wildman–Crippen LogP) is 6.73. The van der Waals surface area contributed by atoms with Crippen molar-refractivity contribution in [2.75, 3.05) is 13.2 Å². The van der Waals surface area contributed by atoms with E-state index < -0.39 is 0 Å². The summed E-state index contributed by atoms with van der Waals surface area (Å²) in [5, 5.41) is 10.2.